The van der Waals surface area contributed by atoms with Crippen LogP contribution >= 0.6 is 0 Å². The van der Waals surface area contributed by atoms with Crippen molar-refractivity contribution < 1.29 is 19.1 Å². The summed E-state index contributed by atoms with van der Waals surface area (Å²) in [5.41, 5.74) is 0. The van der Waals surface area contributed by atoms with Crippen LogP contribution in [0.1, 0.15) is 40.0 Å². The number of hydrogen-bond acceptors (Lipinski definition) is 4. The monoisotopic (exact) mass is 258 g/mol. The van der Waals surface area contributed by atoms with Gasteiger partial charge in [0.25, 0.3) is 0 Å². The summed E-state index contributed by atoms with van der Waals surface area (Å²) < 4.78 is 4.71. The van der Waals surface area contributed by atoms with Crippen LogP contribution < -0.4 is 10.6 Å². The van der Waals surface area contributed by atoms with Gasteiger partial charge in [0.2, 0.25) is 5.91 Å². The van der Waals surface area contributed by atoms with Crippen molar-refractivity contribution in [2.75, 3.05) is 13.2 Å². The lowest BCUT2D eigenvalue weighted by atomic mass is 10.1. The Kier molecular flexibility index (Phi) is 8.61. The van der Waals surface area contributed by atoms with Crippen LogP contribution in [0.3, 0.4) is 0 Å². The molecule has 0 rings (SSSR count). The smallest absolute Gasteiger partial charge is 0.407 e. The van der Waals surface area contributed by atoms with Gasteiger partial charge in [-0.25, -0.2) is 4.79 Å². The van der Waals surface area contributed by atoms with E-state index in [4.69, 9.17) is 4.74 Å². The SMILES string of the molecule is CCOC(=O)NC(CCCNC(=O)CC)C(C)=O. The summed E-state index contributed by atoms with van der Waals surface area (Å²) in [6, 6.07) is -0.553. The average molecular weight is 258 g/mol. The molecule has 0 aliphatic heterocycles. The minimum absolute atomic E-state index is 0.0206. The fourth-order valence-corrected chi connectivity index (χ4v) is 1.35. The van der Waals surface area contributed by atoms with E-state index in [2.05, 4.69) is 10.6 Å². The third kappa shape index (κ3) is 7.65. The number of rotatable bonds is 8. The Labute approximate surface area is 107 Å². The van der Waals surface area contributed by atoms with E-state index in [0.717, 1.165) is 0 Å². The third-order valence-corrected chi connectivity index (χ3v) is 2.37. The first-order valence-corrected chi connectivity index (χ1v) is 6.21. The van der Waals surface area contributed by atoms with Crippen LogP contribution in [-0.2, 0) is 14.3 Å². The summed E-state index contributed by atoms with van der Waals surface area (Å²) in [4.78, 5) is 33.5. The van der Waals surface area contributed by atoms with Gasteiger partial charge in [-0.1, -0.05) is 6.92 Å². The van der Waals surface area contributed by atoms with Crippen molar-refractivity contribution in [1.29, 1.82) is 0 Å². The predicted molar refractivity (Wildman–Crippen MR) is 67.2 cm³/mol. The topological polar surface area (TPSA) is 84.5 Å². The molecule has 1 unspecified atom stereocenters. The van der Waals surface area contributed by atoms with Gasteiger partial charge in [-0.15, -0.1) is 0 Å². The fourth-order valence-electron chi connectivity index (χ4n) is 1.35. The lowest BCUT2D eigenvalue weighted by Gasteiger charge is -2.15. The zero-order valence-corrected chi connectivity index (χ0v) is 11.2. The summed E-state index contributed by atoms with van der Waals surface area (Å²) in [6.45, 7) is 5.66. The highest BCUT2D eigenvalue weighted by Gasteiger charge is 2.16. The highest BCUT2D eigenvalue weighted by atomic mass is 16.5. The molecule has 1 atom stereocenters. The van der Waals surface area contributed by atoms with Crippen molar-refractivity contribution >= 4 is 17.8 Å². The van der Waals surface area contributed by atoms with Gasteiger partial charge >= 0.3 is 6.09 Å². The molecule has 18 heavy (non-hydrogen) atoms. The van der Waals surface area contributed by atoms with E-state index in [1.165, 1.54) is 6.92 Å². The minimum atomic E-state index is -0.588. The molecule has 0 aliphatic rings. The third-order valence-electron chi connectivity index (χ3n) is 2.37. The van der Waals surface area contributed by atoms with Gasteiger partial charge < -0.3 is 15.4 Å². The average Bonchev–Trinajstić information content (AvgIpc) is 2.32. The zero-order chi connectivity index (χ0) is 14.0. The summed E-state index contributed by atoms with van der Waals surface area (Å²) in [5.74, 6) is -0.141. The Morgan fingerprint density at radius 3 is 2.39 bits per heavy atom. The van der Waals surface area contributed by atoms with Crippen LogP contribution in [0.2, 0.25) is 0 Å². The molecule has 0 spiro atoms. The second-order valence-corrected chi connectivity index (χ2v) is 3.87. The van der Waals surface area contributed by atoms with Gasteiger partial charge in [0, 0.05) is 13.0 Å². The second kappa shape index (κ2) is 9.44. The first-order valence-electron chi connectivity index (χ1n) is 6.21. The number of alkyl carbamates (subject to hydrolysis) is 1. The Balaban J connectivity index is 3.94. The molecule has 0 aromatic rings. The van der Waals surface area contributed by atoms with Gasteiger partial charge in [-0.05, 0) is 26.7 Å². The molecule has 2 N–H and O–H groups in total. The van der Waals surface area contributed by atoms with Crippen molar-refractivity contribution in [2.24, 2.45) is 0 Å². The number of carbonyl (C=O) groups is 3. The van der Waals surface area contributed by atoms with Crippen LogP contribution in [0.25, 0.3) is 0 Å². The number of Topliss-reactive ketones (excluding diaryl/α,β-unsaturated/α-hetero) is 1. The normalized spacial score (nSPS) is 11.5. The van der Waals surface area contributed by atoms with Gasteiger partial charge in [-0.3, -0.25) is 9.59 Å². The van der Waals surface area contributed by atoms with Gasteiger partial charge in [-0.2, -0.15) is 0 Å². The standard InChI is InChI=1S/C12H22N2O4/c1-4-11(16)13-8-6-7-10(9(3)15)14-12(17)18-5-2/h10H,4-8H2,1-3H3,(H,13,16)(H,14,17). The molecule has 0 heterocycles. The number of nitrogens with one attached hydrogen (secondary N) is 2. The lowest BCUT2D eigenvalue weighted by molar-refractivity contribution is -0.120. The van der Waals surface area contributed by atoms with E-state index in [1.807, 2.05) is 0 Å². The Hall–Kier alpha value is -1.59. The Morgan fingerprint density at radius 2 is 1.89 bits per heavy atom. The van der Waals surface area contributed by atoms with E-state index in [1.54, 1.807) is 13.8 Å². The summed E-state index contributed by atoms with van der Waals surface area (Å²) in [7, 11) is 0. The second-order valence-electron chi connectivity index (χ2n) is 3.87. The van der Waals surface area contributed by atoms with Crippen LogP contribution in [0.5, 0.6) is 0 Å². The fraction of sp³-hybridized carbons (Fsp3) is 0.750. The van der Waals surface area contributed by atoms with Crippen molar-refractivity contribution in [3.05, 3.63) is 0 Å². The molecule has 0 aromatic heterocycles. The summed E-state index contributed by atoms with van der Waals surface area (Å²) in [5, 5.41) is 5.21. The number of ether oxygens (including phenoxy) is 1. The maximum absolute atomic E-state index is 11.3. The maximum atomic E-state index is 11.3. The molecule has 0 fully saturated rings. The molecule has 0 aromatic carbocycles. The van der Waals surface area contributed by atoms with E-state index < -0.39 is 12.1 Å². The summed E-state index contributed by atoms with van der Waals surface area (Å²) >= 11 is 0. The highest BCUT2D eigenvalue weighted by molar-refractivity contribution is 5.85. The Bertz CT molecular complexity index is 292. The van der Waals surface area contributed by atoms with Gasteiger partial charge in [0.15, 0.2) is 5.78 Å². The molecular formula is C12H22N2O4. The van der Waals surface area contributed by atoms with Gasteiger partial charge in [0.1, 0.15) is 0 Å². The number of amides is 2. The molecule has 6 nitrogen and oxygen atoms in total. The molecular weight excluding hydrogens is 236 g/mol. The predicted octanol–water partition coefficient (Wildman–Crippen LogP) is 0.996. The van der Waals surface area contributed by atoms with Crippen LogP contribution in [-0.4, -0.2) is 37.0 Å². The lowest BCUT2D eigenvalue weighted by Crippen LogP contribution is -2.40. The first-order chi connectivity index (χ1) is 8.51. The number of hydrogen-bond donors (Lipinski definition) is 2. The van der Waals surface area contributed by atoms with Crippen LogP contribution in [0, 0.1) is 0 Å². The number of ketones is 1. The molecule has 0 aliphatic carbocycles. The van der Waals surface area contributed by atoms with Crippen molar-refractivity contribution in [1.82, 2.24) is 10.6 Å². The molecule has 0 saturated carbocycles. The van der Waals surface area contributed by atoms with E-state index in [9.17, 15) is 14.4 Å². The molecule has 0 saturated heterocycles. The van der Waals surface area contributed by atoms with Crippen LogP contribution in [0.4, 0.5) is 4.79 Å². The molecule has 2 amide bonds. The first kappa shape index (κ1) is 16.4. The zero-order valence-electron chi connectivity index (χ0n) is 11.2. The van der Waals surface area contributed by atoms with E-state index in [-0.39, 0.29) is 18.3 Å². The van der Waals surface area contributed by atoms with Crippen molar-refractivity contribution in [2.45, 2.75) is 46.1 Å². The molecule has 0 radical (unpaired) electrons. The largest absolute Gasteiger partial charge is 0.450 e. The van der Waals surface area contributed by atoms with E-state index >= 15 is 0 Å². The summed E-state index contributed by atoms with van der Waals surface area (Å²) in [6.07, 6.45) is 0.966. The number of carbonyl (C=O) groups excluding carboxylic acids is 3. The van der Waals surface area contributed by atoms with Crippen molar-refractivity contribution in [3.63, 3.8) is 0 Å². The highest BCUT2D eigenvalue weighted by Crippen LogP contribution is 1.99. The van der Waals surface area contributed by atoms with Crippen molar-refractivity contribution in [3.8, 4) is 0 Å². The quantitative estimate of drug-likeness (QED) is 0.636. The maximum Gasteiger partial charge on any atom is 0.407 e. The molecule has 6 heteroatoms. The molecule has 0 bridgehead atoms. The van der Waals surface area contributed by atoms with Crippen LogP contribution in [0.15, 0.2) is 0 Å². The van der Waals surface area contributed by atoms with Gasteiger partial charge in [0.05, 0.1) is 12.6 Å². The molecule has 104 valence electrons. The van der Waals surface area contributed by atoms with E-state index in [0.29, 0.717) is 25.8 Å². The minimum Gasteiger partial charge on any atom is -0.450 e. The Morgan fingerprint density at radius 1 is 1.22 bits per heavy atom.